The van der Waals surface area contributed by atoms with Crippen molar-refractivity contribution >= 4 is 33.2 Å². The minimum atomic E-state index is -4.06. The lowest BCUT2D eigenvalue weighted by atomic mass is 10.0. The Kier molecular flexibility index (Phi) is 9.72. The van der Waals surface area contributed by atoms with Gasteiger partial charge in [0.25, 0.3) is 21.8 Å². The molecule has 0 aliphatic rings. The lowest BCUT2D eigenvalue weighted by Gasteiger charge is -2.17. The van der Waals surface area contributed by atoms with Gasteiger partial charge in [-0.25, -0.2) is 8.42 Å². The van der Waals surface area contributed by atoms with Crippen LogP contribution in [0.2, 0.25) is 0 Å². The minimum absolute atomic E-state index is 0.0392. The number of hydrogen-bond acceptors (Lipinski definition) is 6. The zero-order chi connectivity index (χ0) is 31.1. The number of sulfonamides is 1. The molecular weight excluding hydrogens is 564 g/mol. The second-order valence-corrected chi connectivity index (χ2v) is 12.1. The smallest absolute Gasteiger partial charge is 0.265 e. The zero-order valence-electron chi connectivity index (χ0n) is 24.8. The molecule has 0 heterocycles. The SMILES string of the molecule is COc1ccc(-c2cccc(C(=O)N(C)C)c2)cc1S(=O)(=O)Nc1cccc(NCC(C)NC(=O)c2cccc(C)c2)c1. The Morgan fingerprint density at radius 1 is 0.837 bits per heavy atom. The Balaban J connectivity index is 1.48. The third-order valence-electron chi connectivity index (χ3n) is 6.69. The predicted octanol–water partition coefficient (Wildman–Crippen LogP) is 5.40. The topological polar surface area (TPSA) is 117 Å². The van der Waals surface area contributed by atoms with Crippen LogP contribution in [0.4, 0.5) is 11.4 Å². The maximum Gasteiger partial charge on any atom is 0.265 e. The van der Waals surface area contributed by atoms with Crippen molar-refractivity contribution in [2.24, 2.45) is 0 Å². The van der Waals surface area contributed by atoms with Crippen molar-refractivity contribution in [1.29, 1.82) is 0 Å². The lowest BCUT2D eigenvalue weighted by molar-refractivity contribution is 0.0827. The first-order chi connectivity index (χ1) is 20.5. The summed E-state index contributed by atoms with van der Waals surface area (Å²) in [4.78, 5) is 26.5. The summed E-state index contributed by atoms with van der Waals surface area (Å²) in [5.74, 6) is -0.127. The fourth-order valence-corrected chi connectivity index (χ4v) is 5.72. The number of carbonyl (C=O) groups is 2. The van der Waals surface area contributed by atoms with Gasteiger partial charge in [-0.15, -0.1) is 0 Å². The summed E-state index contributed by atoms with van der Waals surface area (Å²) >= 11 is 0. The van der Waals surface area contributed by atoms with Crippen LogP contribution in [0.1, 0.15) is 33.2 Å². The summed E-state index contributed by atoms with van der Waals surface area (Å²) in [5, 5.41) is 6.22. The third-order valence-corrected chi connectivity index (χ3v) is 8.09. The summed E-state index contributed by atoms with van der Waals surface area (Å²) in [5.41, 5.74) is 4.44. The van der Waals surface area contributed by atoms with Gasteiger partial charge in [0.2, 0.25) is 0 Å². The van der Waals surface area contributed by atoms with Gasteiger partial charge in [-0.05, 0) is 79.6 Å². The number of nitrogens with zero attached hydrogens (tertiary/aromatic N) is 1. The molecule has 4 rings (SSSR count). The highest BCUT2D eigenvalue weighted by Crippen LogP contribution is 2.32. The van der Waals surface area contributed by atoms with Gasteiger partial charge in [0.1, 0.15) is 10.6 Å². The van der Waals surface area contributed by atoms with E-state index in [9.17, 15) is 18.0 Å². The lowest BCUT2D eigenvalue weighted by Crippen LogP contribution is -2.37. The Hall–Kier alpha value is -4.83. The second kappa shape index (κ2) is 13.4. The fourth-order valence-electron chi connectivity index (χ4n) is 4.47. The van der Waals surface area contributed by atoms with E-state index in [0.717, 1.165) is 5.56 Å². The molecule has 0 aromatic heterocycles. The van der Waals surface area contributed by atoms with Crippen LogP contribution in [0.15, 0.2) is 95.9 Å². The van der Waals surface area contributed by atoms with E-state index in [-0.39, 0.29) is 28.5 Å². The highest BCUT2D eigenvalue weighted by atomic mass is 32.2. The van der Waals surface area contributed by atoms with Crippen molar-refractivity contribution in [1.82, 2.24) is 10.2 Å². The molecule has 4 aromatic carbocycles. The number of carbonyl (C=O) groups excluding carboxylic acids is 2. The molecule has 0 saturated heterocycles. The van der Waals surface area contributed by atoms with Crippen LogP contribution in [-0.2, 0) is 10.0 Å². The number of ether oxygens (including phenoxy) is 1. The number of rotatable bonds is 11. The van der Waals surface area contributed by atoms with Crippen LogP contribution in [0.3, 0.4) is 0 Å². The van der Waals surface area contributed by atoms with E-state index in [4.69, 9.17) is 4.74 Å². The molecule has 0 aliphatic carbocycles. The largest absolute Gasteiger partial charge is 0.495 e. The molecule has 10 heteroatoms. The van der Waals surface area contributed by atoms with Crippen molar-refractivity contribution in [2.75, 3.05) is 37.8 Å². The molecule has 0 spiro atoms. The number of benzene rings is 4. The Labute approximate surface area is 252 Å². The van der Waals surface area contributed by atoms with Gasteiger partial charge in [0.05, 0.1) is 12.8 Å². The molecule has 0 saturated carbocycles. The van der Waals surface area contributed by atoms with Gasteiger partial charge < -0.3 is 20.3 Å². The van der Waals surface area contributed by atoms with Crippen LogP contribution in [0.25, 0.3) is 11.1 Å². The first-order valence-corrected chi connectivity index (χ1v) is 15.2. The molecular formula is C33H36N4O5S. The molecule has 0 aliphatic heterocycles. The van der Waals surface area contributed by atoms with E-state index in [1.165, 1.54) is 18.1 Å². The first kappa shape index (κ1) is 31.1. The molecule has 43 heavy (non-hydrogen) atoms. The summed E-state index contributed by atoms with van der Waals surface area (Å²) in [6.45, 7) is 4.25. The average molecular weight is 601 g/mol. The van der Waals surface area contributed by atoms with E-state index in [1.54, 1.807) is 68.7 Å². The Morgan fingerprint density at radius 3 is 2.23 bits per heavy atom. The standard InChI is InChI=1S/C33H36N4O5S/c1-22-9-6-11-26(17-22)32(38)35-23(2)21-34-28-13-8-14-29(20-28)36-43(40,41)31-19-25(15-16-30(31)42-5)24-10-7-12-27(18-24)33(39)37(3)4/h6-20,23,34,36H,21H2,1-5H3,(H,35,38). The summed E-state index contributed by atoms with van der Waals surface area (Å²) in [6.07, 6.45) is 0. The maximum absolute atomic E-state index is 13.6. The zero-order valence-corrected chi connectivity index (χ0v) is 25.7. The fraction of sp³-hybridized carbons (Fsp3) is 0.212. The van der Waals surface area contributed by atoms with E-state index in [2.05, 4.69) is 15.4 Å². The van der Waals surface area contributed by atoms with E-state index < -0.39 is 10.0 Å². The predicted molar refractivity (Wildman–Crippen MR) is 170 cm³/mol. The van der Waals surface area contributed by atoms with E-state index >= 15 is 0 Å². The molecule has 0 radical (unpaired) electrons. The second-order valence-electron chi connectivity index (χ2n) is 10.5. The molecule has 1 atom stereocenters. The van der Waals surface area contributed by atoms with Crippen molar-refractivity contribution in [2.45, 2.75) is 24.8 Å². The summed E-state index contributed by atoms with van der Waals surface area (Å²) in [7, 11) is 0.701. The Morgan fingerprint density at radius 2 is 1.51 bits per heavy atom. The normalized spacial score (nSPS) is 11.7. The maximum atomic E-state index is 13.6. The number of methoxy groups -OCH3 is 1. The van der Waals surface area contributed by atoms with Crippen molar-refractivity contribution < 1.29 is 22.7 Å². The molecule has 0 bridgehead atoms. The van der Waals surface area contributed by atoms with Crippen LogP contribution in [0, 0.1) is 6.92 Å². The minimum Gasteiger partial charge on any atom is -0.495 e. The number of aryl methyl sites for hydroxylation is 1. The molecule has 1 unspecified atom stereocenters. The number of amides is 2. The monoisotopic (exact) mass is 600 g/mol. The molecule has 0 fully saturated rings. The van der Waals surface area contributed by atoms with Gasteiger partial charge >= 0.3 is 0 Å². The highest BCUT2D eigenvalue weighted by molar-refractivity contribution is 7.92. The van der Waals surface area contributed by atoms with Gasteiger partial charge in [-0.2, -0.15) is 0 Å². The Bertz CT molecular complexity index is 1740. The molecule has 4 aromatic rings. The van der Waals surface area contributed by atoms with E-state index in [0.29, 0.717) is 40.2 Å². The van der Waals surface area contributed by atoms with Gasteiger partial charge in [-0.1, -0.05) is 42.0 Å². The van der Waals surface area contributed by atoms with Crippen molar-refractivity contribution in [3.8, 4) is 16.9 Å². The van der Waals surface area contributed by atoms with Gasteiger partial charge in [-0.3, -0.25) is 14.3 Å². The van der Waals surface area contributed by atoms with Gasteiger partial charge in [0.15, 0.2) is 0 Å². The number of nitrogens with one attached hydrogen (secondary N) is 3. The quantitative estimate of drug-likeness (QED) is 0.212. The van der Waals surface area contributed by atoms with Gasteiger partial charge in [0, 0.05) is 43.5 Å². The number of anilines is 2. The van der Waals surface area contributed by atoms with Crippen LogP contribution >= 0.6 is 0 Å². The van der Waals surface area contributed by atoms with Crippen LogP contribution in [0.5, 0.6) is 5.75 Å². The first-order valence-electron chi connectivity index (χ1n) is 13.7. The molecule has 224 valence electrons. The van der Waals surface area contributed by atoms with E-state index in [1.807, 2.05) is 44.2 Å². The average Bonchev–Trinajstić information content (AvgIpc) is 2.99. The molecule has 2 amide bonds. The molecule has 3 N–H and O–H groups in total. The number of hydrogen-bond donors (Lipinski definition) is 3. The van der Waals surface area contributed by atoms with Crippen LogP contribution in [-0.4, -0.2) is 58.9 Å². The summed E-state index contributed by atoms with van der Waals surface area (Å²) in [6, 6.07) is 26.0. The van der Waals surface area contributed by atoms with Crippen molar-refractivity contribution in [3.63, 3.8) is 0 Å². The molecule has 9 nitrogen and oxygen atoms in total. The van der Waals surface area contributed by atoms with Crippen LogP contribution < -0.4 is 20.1 Å². The third kappa shape index (κ3) is 7.92. The van der Waals surface area contributed by atoms with Crippen molar-refractivity contribution in [3.05, 3.63) is 108 Å². The summed E-state index contributed by atoms with van der Waals surface area (Å²) < 4.78 is 35.2. The highest BCUT2D eigenvalue weighted by Gasteiger charge is 2.21.